The molecule has 9 heteroatoms. The normalized spacial score (nSPS) is 11.5. The predicted molar refractivity (Wildman–Crippen MR) is 94.1 cm³/mol. The zero-order valence-electron chi connectivity index (χ0n) is 13.7. The van der Waals surface area contributed by atoms with Crippen molar-refractivity contribution in [2.24, 2.45) is 0 Å². The Morgan fingerprint density at radius 1 is 1.12 bits per heavy atom. The van der Waals surface area contributed by atoms with Gasteiger partial charge in [-0.25, -0.2) is 4.98 Å². The van der Waals surface area contributed by atoms with Crippen LogP contribution in [0.4, 0.5) is 30.6 Å². The lowest BCUT2D eigenvalue weighted by atomic mass is 10.1. The van der Waals surface area contributed by atoms with Gasteiger partial charge in [0.15, 0.2) is 5.69 Å². The highest BCUT2D eigenvalue weighted by atomic mass is 79.9. The average molecular weight is 419 g/mol. The van der Waals surface area contributed by atoms with Crippen LogP contribution in [0.2, 0.25) is 0 Å². The van der Waals surface area contributed by atoms with Gasteiger partial charge in [-0.3, -0.25) is 0 Å². The van der Waals surface area contributed by atoms with Crippen molar-refractivity contribution in [3.8, 4) is 0 Å². The van der Waals surface area contributed by atoms with Crippen LogP contribution in [-0.4, -0.2) is 28.2 Å². The first kappa shape index (κ1) is 19.5. The SMILES string of the molecule is Cc1cc(Br)cc(C)c1Nc1cc(C(F)(F)F)nc(NCCCO)n1. The molecule has 0 atom stereocenters. The van der Waals surface area contributed by atoms with Crippen LogP contribution >= 0.6 is 15.9 Å². The zero-order chi connectivity index (χ0) is 18.6. The van der Waals surface area contributed by atoms with E-state index >= 15 is 0 Å². The quantitative estimate of drug-likeness (QED) is 0.606. The van der Waals surface area contributed by atoms with Crippen molar-refractivity contribution in [1.29, 1.82) is 0 Å². The van der Waals surface area contributed by atoms with Crippen LogP contribution in [0.25, 0.3) is 0 Å². The van der Waals surface area contributed by atoms with E-state index in [1.807, 2.05) is 26.0 Å². The van der Waals surface area contributed by atoms with Crippen LogP contribution in [0.1, 0.15) is 23.2 Å². The number of hydrogen-bond acceptors (Lipinski definition) is 5. The van der Waals surface area contributed by atoms with Gasteiger partial charge >= 0.3 is 6.18 Å². The molecule has 0 aliphatic rings. The Balaban J connectivity index is 2.37. The molecule has 3 N–H and O–H groups in total. The predicted octanol–water partition coefficient (Wildman–Crippen LogP) is 4.41. The molecular weight excluding hydrogens is 401 g/mol. The summed E-state index contributed by atoms with van der Waals surface area (Å²) in [6.45, 7) is 3.90. The third-order valence-corrected chi connectivity index (χ3v) is 3.84. The maximum absolute atomic E-state index is 13.1. The Morgan fingerprint density at radius 2 is 1.76 bits per heavy atom. The minimum atomic E-state index is -4.59. The van der Waals surface area contributed by atoms with E-state index in [-0.39, 0.29) is 24.9 Å². The molecule has 0 unspecified atom stereocenters. The van der Waals surface area contributed by atoms with E-state index in [2.05, 4.69) is 36.5 Å². The molecule has 1 aromatic carbocycles. The standard InChI is InChI=1S/C16H18BrF3N4O/c1-9-6-11(17)7-10(2)14(9)23-13-8-12(16(18,19)20)22-15(24-13)21-4-3-5-25/h6-8,25H,3-5H2,1-2H3,(H2,21,22,23,24). The third-order valence-electron chi connectivity index (χ3n) is 3.39. The first-order chi connectivity index (χ1) is 11.7. The van der Waals surface area contributed by atoms with E-state index in [9.17, 15) is 13.2 Å². The topological polar surface area (TPSA) is 70.1 Å². The molecule has 0 spiro atoms. The zero-order valence-corrected chi connectivity index (χ0v) is 15.3. The second-order valence-corrected chi connectivity index (χ2v) is 6.42. The second-order valence-electron chi connectivity index (χ2n) is 5.50. The molecule has 2 rings (SSSR count). The molecule has 2 aromatic rings. The van der Waals surface area contributed by atoms with Gasteiger partial charge in [0.05, 0.1) is 0 Å². The summed E-state index contributed by atoms with van der Waals surface area (Å²) in [7, 11) is 0. The van der Waals surface area contributed by atoms with Gasteiger partial charge in [0, 0.05) is 29.4 Å². The van der Waals surface area contributed by atoms with Crippen molar-refractivity contribution < 1.29 is 18.3 Å². The maximum atomic E-state index is 13.1. The molecule has 0 radical (unpaired) electrons. The van der Waals surface area contributed by atoms with Gasteiger partial charge in [0.25, 0.3) is 0 Å². The molecule has 1 heterocycles. The van der Waals surface area contributed by atoms with Gasteiger partial charge in [-0.2, -0.15) is 18.2 Å². The van der Waals surface area contributed by atoms with Crippen molar-refractivity contribution >= 4 is 33.4 Å². The van der Waals surface area contributed by atoms with Crippen LogP contribution in [-0.2, 0) is 6.18 Å². The highest BCUT2D eigenvalue weighted by Gasteiger charge is 2.33. The number of aliphatic hydroxyl groups is 1. The summed E-state index contributed by atoms with van der Waals surface area (Å²) in [6.07, 6.45) is -4.20. The summed E-state index contributed by atoms with van der Waals surface area (Å²) in [5.74, 6) is -0.0967. The lowest BCUT2D eigenvalue weighted by Gasteiger charge is -2.15. The molecule has 0 aliphatic carbocycles. The highest BCUT2D eigenvalue weighted by Crippen LogP contribution is 2.32. The molecule has 0 bridgehead atoms. The number of rotatable bonds is 6. The Kier molecular flexibility index (Phi) is 6.23. The van der Waals surface area contributed by atoms with Gasteiger partial charge in [-0.15, -0.1) is 0 Å². The average Bonchev–Trinajstić information content (AvgIpc) is 2.50. The van der Waals surface area contributed by atoms with Gasteiger partial charge in [0.2, 0.25) is 5.95 Å². The Labute approximate surface area is 151 Å². The van der Waals surface area contributed by atoms with Crippen molar-refractivity contribution in [3.05, 3.63) is 39.5 Å². The van der Waals surface area contributed by atoms with E-state index < -0.39 is 11.9 Å². The summed E-state index contributed by atoms with van der Waals surface area (Å²) < 4.78 is 40.2. The Morgan fingerprint density at radius 3 is 2.32 bits per heavy atom. The lowest BCUT2D eigenvalue weighted by molar-refractivity contribution is -0.141. The molecule has 136 valence electrons. The van der Waals surface area contributed by atoms with Crippen LogP contribution in [0.15, 0.2) is 22.7 Å². The molecule has 0 aliphatic heterocycles. The van der Waals surface area contributed by atoms with E-state index in [4.69, 9.17) is 5.11 Å². The van der Waals surface area contributed by atoms with Crippen molar-refractivity contribution in [1.82, 2.24) is 9.97 Å². The monoisotopic (exact) mass is 418 g/mol. The number of hydrogen-bond donors (Lipinski definition) is 3. The molecular formula is C16H18BrF3N4O. The minimum Gasteiger partial charge on any atom is -0.396 e. The first-order valence-electron chi connectivity index (χ1n) is 7.55. The number of anilines is 3. The fraction of sp³-hybridized carbons (Fsp3) is 0.375. The van der Waals surface area contributed by atoms with Gasteiger partial charge in [0.1, 0.15) is 5.82 Å². The fourth-order valence-corrected chi connectivity index (χ4v) is 2.94. The highest BCUT2D eigenvalue weighted by molar-refractivity contribution is 9.10. The van der Waals surface area contributed by atoms with Crippen molar-refractivity contribution in [3.63, 3.8) is 0 Å². The molecule has 0 saturated heterocycles. The summed E-state index contributed by atoms with van der Waals surface area (Å²) in [4.78, 5) is 7.59. The Hall–Kier alpha value is -1.87. The van der Waals surface area contributed by atoms with Crippen LogP contribution in [0.3, 0.4) is 0 Å². The van der Waals surface area contributed by atoms with E-state index in [1.165, 1.54) is 0 Å². The number of aromatic nitrogens is 2. The van der Waals surface area contributed by atoms with E-state index in [0.29, 0.717) is 12.1 Å². The molecule has 0 fully saturated rings. The van der Waals surface area contributed by atoms with E-state index in [1.54, 1.807) is 0 Å². The van der Waals surface area contributed by atoms with Crippen molar-refractivity contribution in [2.75, 3.05) is 23.8 Å². The molecule has 1 aromatic heterocycles. The summed E-state index contributed by atoms with van der Waals surface area (Å²) >= 11 is 3.38. The van der Waals surface area contributed by atoms with E-state index in [0.717, 1.165) is 21.7 Å². The molecule has 0 amide bonds. The number of alkyl halides is 3. The molecule has 0 saturated carbocycles. The number of nitrogens with zero attached hydrogens (tertiary/aromatic N) is 2. The summed E-state index contributed by atoms with van der Waals surface area (Å²) in [5.41, 5.74) is 1.39. The summed E-state index contributed by atoms with van der Waals surface area (Å²) in [5, 5.41) is 14.4. The number of aliphatic hydroxyl groups excluding tert-OH is 1. The number of halogens is 4. The fourth-order valence-electron chi connectivity index (χ4n) is 2.25. The second kappa shape index (κ2) is 8.01. The van der Waals surface area contributed by atoms with Crippen LogP contribution in [0.5, 0.6) is 0 Å². The van der Waals surface area contributed by atoms with Crippen molar-refractivity contribution in [2.45, 2.75) is 26.4 Å². The van der Waals surface area contributed by atoms with Gasteiger partial charge in [-0.05, 0) is 43.5 Å². The lowest BCUT2D eigenvalue weighted by Crippen LogP contribution is -2.14. The third kappa shape index (κ3) is 5.30. The number of nitrogens with one attached hydrogen (secondary N) is 2. The van der Waals surface area contributed by atoms with Gasteiger partial charge < -0.3 is 15.7 Å². The number of aryl methyl sites for hydroxylation is 2. The van der Waals surface area contributed by atoms with Gasteiger partial charge in [-0.1, -0.05) is 15.9 Å². The largest absolute Gasteiger partial charge is 0.433 e. The Bertz CT molecular complexity index is 730. The van der Waals surface area contributed by atoms with Crippen LogP contribution in [0, 0.1) is 13.8 Å². The first-order valence-corrected chi connectivity index (χ1v) is 8.35. The smallest absolute Gasteiger partial charge is 0.396 e. The molecule has 5 nitrogen and oxygen atoms in total. The minimum absolute atomic E-state index is 0.0438. The molecule has 25 heavy (non-hydrogen) atoms. The number of benzene rings is 1. The van der Waals surface area contributed by atoms with Crippen LogP contribution < -0.4 is 10.6 Å². The maximum Gasteiger partial charge on any atom is 0.433 e. The summed E-state index contributed by atoms with van der Waals surface area (Å²) in [6, 6.07) is 4.60.